The van der Waals surface area contributed by atoms with Gasteiger partial charge in [-0.1, -0.05) is 0 Å². The second kappa shape index (κ2) is 7.57. The summed E-state index contributed by atoms with van der Waals surface area (Å²) < 4.78 is 32.8. The van der Waals surface area contributed by atoms with Gasteiger partial charge in [-0.15, -0.1) is 0 Å². The number of methoxy groups -OCH3 is 5. The lowest BCUT2D eigenvalue weighted by molar-refractivity contribution is 0.172. The summed E-state index contributed by atoms with van der Waals surface area (Å²) in [5.74, 6) is 3.09. The number of rotatable bonds is 6. The molecule has 0 aromatic heterocycles. The number of fused-ring (bicyclic) bond motifs is 1. The van der Waals surface area contributed by atoms with Crippen molar-refractivity contribution in [1.29, 1.82) is 0 Å². The highest BCUT2D eigenvalue weighted by atomic mass is 16.5. The molecule has 1 unspecified atom stereocenters. The van der Waals surface area contributed by atoms with E-state index < -0.39 is 6.10 Å². The first-order valence-electron chi connectivity index (χ1n) is 8.19. The molecule has 0 bridgehead atoms. The molecule has 0 radical (unpaired) electrons. The van der Waals surface area contributed by atoms with Crippen molar-refractivity contribution in [2.75, 3.05) is 35.5 Å². The van der Waals surface area contributed by atoms with Crippen LogP contribution < -0.4 is 28.4 Å². The molecule has 1 aliphatic rings. The average Bonchev–Trinajstić information content (AvgIpc) is 2.71. The lowest BCUT2D eigenvalue weighted by Gasteiger charge is -2.27. The quantitative estimate of drug-likeness (QED) is 0.825. The van der Waals surface area contributed by atoms with Gasteiger partial charge in [0.2, 0.25) is 5.75 Å². The maximum atomic E-state index is 10.6. The van der Waals surface area contributed by atoms with Gasteiger partial charge in [0, 0.05) is 17.7 Å². The Hall–Kier alpha value is -3.22. The minimum Gasteiger partial charge on any atom is -0.508 e. The molecule has 0 saturated heterocycles. The van der Waals surface area contributed by atoms with Gasteiger partial charge in [-0.2, -0.15) is 0 Å². The summed E-state index contributed by atoms with van der Waals surface area (Å²) >= 11 is 0. The second-order valence-corrected chi connectivity index (χ2v) is 5.77. The van der Waals surface area contributed by atoms with Crippen molar-refractivity contribution in [3.05, 3.63) is 41.2 Å². The van der Waals surface area contributed by atoms with Crippen LogP contribution in [0.1, 0.15) is 17.2 Å². The zero-order valence-corrected chi connectivity index (χ0v) is 15.9. The van der Waals surface area contributed by atoms with E-state index in [0.717, 1.165) is 0 Å². The fourth-order valence-corrected chi connectivity index (χ4v) is 3.01. The Morgan fingerprint density at radius 2 is 1.41 bits per heavy atom. The fourth-order valence-electron chi connectivity index (χ4n) is 3.01. The third-order valence-electron chi connectivity index (χ3n) is 4.33. The molecule has 0 aliphatic carbocycles. The second-order valence-electron chi connectivity index (χ2n) is 5.77. The Labute approximate surface area is 157 Å². The van der Waals surface area contributed by atoms with Gasteiger partial charge in [0.15, 0.2) is 17.6 Å². The van der Waals surface area contributed by atoms with Gasteiger partial charge in [0.25, 0.3) is 0 Å². The van der Waals surface area contributed by atoms with Crippen LogP contribution in [0.2, 0.25) is 0 Å². The molecule has 1 N–H and O–H groups in total. The highest BCUT2D eigenvalue weighted by molar-refractivity contribution is 5.70. The average molecular weight is 374 g/mol. The van der Waals surface area contributed by atoms with Gasteiger partial charge in [-0.05, 0) is 18.2 Å². The summed E-state index contributed by atoms with van der Waals surface area (Å²) in [6.45, 7) is 0. The highest BCUT2D eigenvalue weighted by Gasteiger charge is 2.29. The number of hydrogen-bond acceptors (Lipinski definition) is 7. The molecule has 0 amide bonds. The molecular weight excluding hydrogens is 352 g/mol. The Kier molecular flexibility index (Phi) is 5.21. The molecule has 7 nitrogen and oxygen atoms in total. The minimum atomic E-state index is -0.747. The van der Waals surface area contributed by atoms with Crippen LogP contribution in [-0.2, 0) is 0 Å². The Morgan fingerprint density at radius 3 is 1.93 bits per heavy atom. The zero-order chi connectivity index (χ0) is 19.6. The lowest BCUT2D eigenvalue weighted by Crippen LogP contribution is -2.15. The van der Waals surface area contributed by atoms with Crippen LogP contribution in [0.4, 0.5) is 0 Å². The predicted molar refractivity (Wildman–Crippen MR) is 99.6 cm³/mol. The standard InChI is InChI=1S/C20H22O7/c1-22-12-8-15(23-2)13-10-14(21)19(27-16(13)9-12)11-6-17(24-3)20(26-5)18(7-11)25-4/h6-10,19,21H,1-5H3. The molecule has 0 saturated carbocycles. The van der Waals surface area contributed by atoms with Crippen molar-refractivity contribution in [2.24, 2.45) is 0 Å². The normalized spacial score (nSPS) is 15.1. The summed E-state index contributed by atoms with van der Waals surface area (Å²) in [5, 5.41) is 10.6. The van der Waals surface area contributed by atoms with Crippen LogP contribution in [0.15, 0.2) is 30.0 Å². The Bertz CT molecular complexity index is 848. The van der Waals surface area contributed by atoms with Gasteiger partial charge in [-0.3, -0.25) is 0 Å². The smallest absolute Gasteiger partial charge is 0.203 e. The van der Waals surface area contributed by atoms with Crippen molar-refractivity contribution < 1.29 is 33.5 Å². The monoisotopic (exact) mass is 374 g/mol. The summed E-state index contributed by atoms with van der Waals surface area (Å²) in [6.07, 6.45) is 0.869. The SMILES string of the molecule is COc1cc(OC)c2c(c1)OC(c1cc(OC)c(OC)c(OC)c1)C(O)=C2. The molecule has 1 atom stereocenters. The molecule has 27 heavy (non-hydrogen) atoms. The van der Waals surface area contributed by atoms with Crippen molar-refractivity contribution in [2.45, 2.75) is 6.10 Å². The number of hydrogen-bond donors (Lipinski definition) is 1. The number of benzene rings is 2. The van der Waals surface area contributed by atoms with E-state index in [1.54, 1.807) is 44.6 Å². The Balaban J connectivity index is 2.09. The summed E-state index contributed by atoms with van der Waals surface area (Å²) in [6, 6.07) is 6.94. The van der Waals surface area contributed by atoms with Crippen LogP contribution >= 0.6 is 0 Å². The molecule has 0 spiro atoms. The van der Waals surface area contributed by atoms with Crippen molar-refractivity contribution >= 4 is 6.08 Å². The molecule has 1 aliphatic heterocycles. The maximum Gasteiger partial charge on any atom is 0.203 e. The van der Waals surface area contributed by atoms with Crippen molar-refractivity contribution in [3.8, 4) is 34.5 Å². The topological polar surface area (TPSA) is 75.6 Å². The third-order valence-corrected chi connectivity index (χ3v) is 4.33. The van der Waals surface area contributed by atoms with E-state index in [1.165, 1.54) is 21.3 Å². The Morgan fingerprint density at radius 1 is 0.778 bits per heavy atom. The van der Waals surface area contributed by atoms with E-state index >= 15 is 0 Å². The fraction of sp³-hybridized carbons (Fsp3) is 0.300. The van der Waals surface area contributed by atoms with E-state index in [-0.39, 0.29) is 5.76 Å². The molecule has 1 heterocycles. The van der Waals surface area contributed by atoms with Crippen LogP contribution in [0.3, 0.4) is 0 Å². The molecule has 144 valence electrons. The predicted octanol–water partition coefficient (Wildman–Crippen LogP) is 3.76. The molecular formula is C20H22O7. The van der Waals surface area contributed by atoms with Crippen LogP contribution in [0.25, 0.3) is 6.08 Å². The number of aliphatic hydroxyl groups excluding tert-OH is 1. The molecule has 2 aromatic carbocycles. The first-order chi connectivity index (χ1) is 13.1. The summed E-state index contributed by atoms with van der Waals surface area (Å²) in [5.41, 5.74) is 1.28. The van der Waals surface area contributed by atoms with Crippen LogP contribution in [0, 0.1) is 0 Å². The summed E-state index contributed by atoms with van der Waals surface area (Å²) in [7, 11) is 7.70. The van der Waals surface area contributed by atoms with Gasteiger partial charge >= 0.3 is 0 Å². The van der Waals surface area contributed by atoms with Crippen LogP contribution in [0.5, 0.6) is 34.5 Å². The zero-order valence-electron chi connectivity index (χ0n) is 15.9. The molecule has 3 rings (SSSR count). The largest absolute Gasteiger partial charge is 0.508 e. The number of ether oxygens (including phenoxy) is 6. The van der Waals surface area contributed by atoms with Crippen LogP contribution in [-0.4, -0.2) is 40.7 Å². The van der Waals surface area contributed by atoms with Crippen molar-refractivity contribution in [3.63, 3.8) is 0 Å². The van der Waals surface area contributed by atoms with E-state index in [1.807, 2.05) is 0 Å². The molecule has 0 fully saturated rings. The van der Waals surface area contributed by atoms with E-state index in [9.17, 15) is 5.11 Å². The minimum absolute atomic E-state index is 0.0280. The van der Waals surface area contributed by atoms with E-state index in [4.69, 9.17) is 28.4 Å². The van der Waals surface area contributed by atoms with Gasteiger partial charge in [0.05, 0.1) is 41.1 Å². The first-order valence-corrected chi connectivity index (χ1v) is 8.19. The summed E-state index contributed by atoms with van der Waals surface area (Å²) in [4.78, 5) is 0. The van der Waals surface area contributed by atoms with Gasteiger partial charge in [0.1, 0.15) is 23.0 Å². The van der Waals surface area contributed by atoms with E-state index in [2.05, 4.69) is 0 Å². The first kappa shape index (κ1) is 18.6. The van der Waals surface area contributed by atoms with Gasteiger partial charge < -0.3 is 33.5 Å². The van der Waals surface area contributed by atoms with Gasteiger partial charge in [-0.25, -0.2) is 0 Å². The number of aliphatic hydroxyl groups is 1. The highest BCUT2D eigenvalue weighted by Crippen LogP contribution is 2.46. The van der Waals surface area contributed by atoms with E-state index in [0.29, 0.717) is 45.6 Å². The molecule has 7 heteroatoms. The third kappa shape index (κ3) is 3.28. The lowest BCUT2D eigenvalue weighted by atomic mass is 10.0. The van der Waals surface area contributed by atoms with Crippen molar-refractivity contribution in [1.82, 2.24) is 0 Å². The molecule has 2 aromatic rings. The maximum absolute atomic E-state index is 10.6.